The van der Waals surface area contributed by atoms with Crippen LogP contribution < -0.4 is 0 Å². The molecule has 2 aromatic carbocycles. The van der Waals surface area contributed by atoms with Gasteiger partial charge in [-0.2, -0.15) is 0 Å². The molecule has 1 aliphatic carbocycles. The van der Waals surface area contributed by atoms with Crippen molar-refractivity contribution in [1.82, 2.24) is 0 Å². The third-order valence-corrected chi connectivity index (χ3v) is 5.17. The highest BCUT2D eigenvalue weighted by Gasteiger charge is 2.26. The van der Waals surface area contributed by atoms with E-state index in [1.54, 1.807) is 5.56 Å². The molecule has 0 heteroatoms. The average molecular weight is 264 g/mol. The summed E-state index contributed by atoms with van der Waals surface area (Å²) >= 11 is 0. The molecule has 2 aromatic rings. The van der Waals surface area contributed by atoms with Gasteiger partial charge in [-0.05, 0) is 59.9 Å². The topological polar surface area (TPSA) is 0 Å². The molecular formula is C20H24. The summed E-state index contributed by atoms with van der Waals surface area (Å²) < 4.78 is 0. The molecule has 0 aliphatic heterocycles. The molecule has 1 aliphatic rings. The fourth-order valence-electron chi connectivity index (χ4n) is 3.78. The molecule has 0 radical (unpaired) electrons. The number of hydrogen-bond acceptors (Lipinski definition) is 0. The van der Waals surface area contributed by atoms with Crippen LogP contribution in [0.3, 0.4) is 0 Å². The average Bonchev–Trinajstić information content (AvgIpc) is 2.89. The van der Waals surface area contributed by atoms with Gasteiger partial charge in [0.25, 0.3) is 0 Å². The lowest BCUT2D eigenvalue weighted by Gasteiger charge is -2.21. The van der Waals surface area contributed by atoms with Crippen molar-refractivity contribution in [3.63, 3.8) is 0 Å². The fraction of sp³-hybridized carbons (Fsp3) is 0.400. The highest BCUT2D eigenvalue weighted by Crippen LogP contribution is 2.42. The van der Waals surface area contributed by atoms with Gasteiger partial charge < -0.3 is 0 Å². The second-order valence-corrected chi connectivity index (χ2v) is 6.33. The first-order valence-corrected chi connectivity index (χ1v) is 7.84. The van der Waals surface area contributed by atoms with Crippen molar-refractivity contribution < 1.29 is 0 Å². The molecule has 20 heavy (non-hydrogen) atoms. The molecule has 0 amide bonds. The van der Waals surface area contributed by atoms with Gasteiger partial charge in [0.15, 0.2) is 0 Å². The second kappa shape index (κ2) is 5.44. The van der Waals surface area contributed by atoms with Crippen LogP contribution in [0.25, 0.3) is 11.1 Å². The first-order chi connectivity index (χ1) is 9.68. The molecule has 0 bridgehead atoms. The van der Waals surface area contributed by atoms with Crippen molar-refractivity contribution in [2.75, 3.05) is 0 Å². The molecule has 0 heterocycles. The summed E-state index contributed by atoms with van der Waals surface area (Å²) in [6, 6.07) is 15.5. The van der Waals surface area contributed by atoms with Gasteiger partial charge in [-0.15, -0.1) is 0 Å². The van der Waals surface area contributed by atoms with Crippen molar-refractivity contribution in [2.24, 2.45) is 5.92 Å². The third kappa shape index (κ3) is 2.28. The summed E-state index contributed by atoms with van der Waals surface area (Å²) in [4.78, 5) is 0. The molecular weight excluding hydrogens is 240 g/mol. The van der Waals surface area contributed by atoms with E-state index in [4.69, 9.17) is 0 Å². The minimum absolute atomic E-state index is 0.776. The highest BCUT2D eigenvalue weighted by atomic mass is 14.3. The van der Waals surface area contributed by atoms with Crippen LogP contribution in [0.1, 0.15) is 48.8 Å². The van der Waals surface area contributed by atoms with Crippen molar-refractivity contribution in [2.45, 2.75) is 46.0 Å². The van der Waals surface area contributed by atoms with E-state index in [9.17, 15) is 0 Å². The van der Waals surface area contributed by atoms with E-state index in [2.05, 4.69) is 63.2 Å². The summed E-state index contributed by atoms with van der Waals surface area (Å²) in [6.07, 6.45) is 4.15. The largest absolute Gasteiger partial charge is 0.0622 e. The van der Waals surface area contributed by atoms with E-state index in [1.165, 1.54) is 41.5 Å². The summed E-state index contributed by atoms with van der Waals surface area (Å²) in [5.41, 5.74) is 7.27. The lowest BCUT2D eigenvalue weighted by atomic mass is 9.84. The number of hydrogen-bond donors (Lipinski definition) is 0. The quantitative estimate of drug-likeness (QED) is 0.636. The molecule has 0 spiro atoms. The SMILES string of the molecule is Cc1c(-c2ccccc2)ccc([C@@H]2CCC[C@@H]2C)c1C. The van der Waals surface area contributed by atoms with Crippen molar-refractivity contribution in [3.8, 4) is 11.1 Å². The maximum Gasteiger partial charge on any atom is -0.0134 e. The summed E-state index contributed by atoms with van der Waals surface area (Å²) in [5, 5.41) is 0. The summed E-state index contributed by atoms with van der Waals surface area (Å²) in [6.45, 7) is 7.00. The van der Waals surface area contributed by atoms with Crippen LogP contribution in [0.2, 0.25) is 0 Å². The molecule has 0 aromatic heterocycles. The molecule has 0 unspecified atom stereocenters. The summed E-state index contributed by atoms with van der Waals surface area (Å²) in [7, 11) is 0. The third-order valence-electron chi connectivity index (χ3n) is 5.17. The highest BCUT2D eigenvalue weighted by molar-refractivity contribution is 5.69. The standard InChI is InChI=1S/C20H24/c1-14-8-7-11-18(14)20-13-12-19(15(2)16(20)3)17-9-5-4-6-10-17/h4-6,9-10,12-14,18H,7-8,11H2,1-3H3/t14-,18+/m0/s1. The van der Waals surface area contributed by atoms with Gasteiger partial charge in [0.2, 0.25) is 0 Å². The van der Waals surface area contributed by atoms with Gasteiger partial charge >= 0.3 is 0 Å². The Kier molecular flexibility index (Phi) is 3.65. The monoisotopic (exact) mass is 264 g/mol. The van der Waals surface area contributed by atoms with Crippen LogP contribution in [0, 0.1) is 19.8 Å². The smallest absolute Gasteiger partial charge is 0.0134 e. The van der Waals surface area contributed by atoms with E-state index in [0.717, 1.165) is 11.8 Å². The Morgan fingerprint density at radius 2 is 1.60 bits per heavy atom. The first-order valence-electron chi connectivity index (χ1n) is 7.84. The Balaban J connectivity index is 2.03. The zero-order valence-electron chi connectivity index (χ0n) is 12.8. The zero-order chi connectivity index (χ0) is 14.1. The fourth-order valence-corrected chi connectivity index (χ4v) is 3.78. The lowest BCUT2D eigenvalue weighted by Crippen LogP contribution is -2.05. The Bertz CT molecular complexity index is 595. The van der Waals surface area contributed by atoms with Crippen LogP contribution in [-0.4, -0.2) is 0 Å². The first kappa shape index (κ1) is 13.4. The molecule has 104 valence electrons. The van der Waals surface area contributed by atoms with E-state index in [0.29, 0.717) is 0 Å². The lowest BCUT2D eigenvalue weighted by molar-refractivity contribution is 0.531. The van der Waals surface area contributed by atoms with Gasteiger partial charge in [-0.25, -0.2) is 0 Å². The van der Waals surface area contributed by atoms with Gasteiger partial charge in [0.05, 0.1) is 0 Å². The van der Waals surface area contributed by atoms with Crippen molar-refractivity contribution in [1.29, 1.82) is 0 Å². The molecule has 2 atom stereocenters. The predicted octanol–water partition coefficient (Wildman–Crippen LogP) is 5.87. The Morgan fingerprint density at radius 3 is 2.25 bits per heavy atom. The van der Waals surface area contributed by atoms with Crippen LogP contribution >= 0.6 is 0 Å². The van der Waals surface area contributed by atoms with Crippen molar-refractivity contribution >= 4 is 0 Å². The Labute approximate surface area is 122 Å². The molecule has 0 nitrogen and oxygen atoms in total. The van der Waals surface area contributed by atoms with Gasteiger partial charge in [-0.3, -0.25) is 0 Å². The number of benzene rings is 2. The molecule has 0 saturated heterocycles. The maximum absolute atomic E-state index is 2.41. The van der Waals surface area contributed by atoms with E-state index < -0.39 is 0 Å². The minimum atomic E-state index is 0.776. The van der Waals surface area contributed by atoms with Crippen LogP contribution in [-0.2, 0) is 0 Å². The molecule has 3 rings (SSSR count). The Hall–Kier alpha value is -1.56. The van der Waals surface area contributed by atoms with E-state index >= 15 is 0 Å². The molecule has 1 saturated carbocycles. The van der Waals surface area contributed by atoms with Crippen LogP contribution in [0.5, 0.6) is 0 Å². The zero-order valence-corrected chi connectivity index (χ0v) is 12.8. The second-order valence-electron chi connectivity index (χ2n) is 6.33. The maximum atomic E-state index is 2.41. The normalized spacial score (nSPS) is 22.1. The van der Waals surface area contributed by atoms with E-state index in [-0.39, 0.29) is 0 Å². The molecule has 1 fully saturated rings. The van der Waals surface area contributed by atoms with Gasteiger partial charge in [-0.1, -0.05) is 62.2 Å². The Morgan fingerprint density at radius 1 is 0.850 bits per heavy atom. The summed E-state index contributed by atoms with van der Waals surface area (Å²) in [5.74, 6) is 1.62. The molecule has 0 N–H and O–H groups in total. The van der Waals surface area contributed by atoms with Gasteiger partial charge in [0.1, 0.15) is 0 Å². The van der Waals surface area contributed by atoms with Crippen LogP contribution in [0.15, 0.2) is 42.5 Å². The predicted molar refractivity (Wildman–Crippen MR) is 87.1 cm³/mol. The minimum Gasteiger partial charge on any atom is -0.0622 e. The van der Waals surface area contributed by atoms with Gasteiger partial charge in [0, 0.05) is 0 Å². The van der Waals surface area contributed by atoms with Crippen molar-refractivity contribution in [3.05, 3.63) is 59.2 Å². The van der Waals surface area contributed by atoms with E-state index in [1.807, 2.05) is 0 Å². The van der Waals surface area contributed by atoms with Crippen LogP contribution in [0.4, 0.5) is 0 Å². The number of rotatable bonds is 2.